The topological polar surface area (TPSA) is 63.8 Å². The Balaban J connectivity index is 2.49. The number of rotatable bonds is 6. The molecule has 1 heterocycles. The lowest BCUT2D eigenvalue weighted by Gasteiger charge is -2.04. The lowest BCUT2D eigenvalue weighted by molar-refractivity contribution is 0.778. The van der Waals surface area contributed by atoms with E-state index in [4.69, 9.17) is 5.84 Å². The number of hydrogen-bond acceptors (Lipinski definition) is 5. The fourth-order valence-corrected chi connectivity index (χ4v) is 2.17. The number of hydrogen-bond donors (Lipinski definition) is 2. The highest BCUT2D eigenvalue weighted by Crippen LogP contribution is 2.19. The van der Waals surface area contributed by atoms with E-state index in [-0.39, 0.29) is 0 Å². The summed E-state index contributed by atoms with van der Waals surface area (Å²) in [5, 5.41) is 0.992. The quantitative estimate of drug-likeness (QED) is 0.256. The van der Waals surface area contributed by atoms with Crippen LogP contribution in [-0.2, 0) is 0 Å². The number of nitrogens with zero attached hydrogens (tertiary/aromatic N) is 2. The second kappa shape index (κ2) is 6.63. The van der Waals surface area contributed by atoms with Crippen LogP contribution >= 0.6 is 11.8 Å². The first-order valence-corrected chi connectivity index (χ1v) is 6.20. The lowest BCUT2D eigenvalue weighted by Crippen LogP contribution is -2.09. The maximum absolute atomic E-state index is 5.31. The van der Waals surface area contributed by atoms with Crippen molar-refractivity contribution in [3.63, 3.8) is 0 Å². The van der Waals surface area contributed by atoms with Gasteiger partial charge in [0.25, 0.3) is 0 Å². The van der Waals surface area contributed by atoms with E-state index in [1.807, 2.05) is 13.0 Å². The van der Waals surface area contributed by atoms with Crippen LogP contribution in [-0.4, -0.2) is 15.7 Å². The highest BCUT2D eigenvalue weighted by Gasteiger charge is 2.01. The Morgan fingerprint density at radius 3 is 2.87 bits per heavy atom. The lowest BCUT2D eigenvalue weighted by atomic mass is 10.3. The van der Waals surface area contributed by atoms with Gasteiger partial charge >= 0.3 is 0 Å². The fraction of sp³-hybridized carbons (Fsp3) is 0.600. The van der Waals surface area contributed by atoms with E-state index in [9.17, 15) is 0 Å². The first kappa shape index (κ1) is 12.3. The Labute approximate surface area is 95.0 Å². The van der Waals surface area contributed by atoms with E-state index < -0.39 is 0 Å². The van der Waals surface area contributed by atoms with Gasteiger partial charge in [0.15, 0.2) is 0 Å². The zero-order valence-electron chi connectivity index (χ0n) is 9.29. The highest BCUT2D eigenvalue weighted by molar-refractivity contribution is 7.99. The SMILES string of the molecule is CCCCCSc1cc(NN)nc(C)n1. The van der Waals surface area contributed by atoms with Crippen molar-refractivity contribution in [1.82, 2.24) is 9.97 Å². The third kappa shape index (κ3) is 4.48. The molecule has 0 saturated heterocycles. The summed E-state index contributed by atoms with van der Waals surface area (Å²) in [5.74, 6) is 7.85. The Bertz CT molecular complexity index is 303. The third-order valence-electron chi connectivity index (χ3n) is 1.96. The Morgan fingerprint density at radius 2 is 2.20 bits per heavy atom. The number of aromatic nitrogens is 2. The zero-order chi connectivity index (χ0) is 11.1. The van der Waals surface area contributed by atoms with Gasteiger partial charge in [-0.2, -0.15) is 0 Å². The minimum Gasteiger partial charge on any atom is -0.308 e. The average Bonchev–Trinajstić information content (AvgIpc) is 2.23. The molecule has 0 fully saturated rings. The van der Waals surface area contributed by atoms with Crippen LogP contribution in [0.4, 0.5) is 5.82 Å². The van der Waals surface area contributed by atoms with Crippen LogP contribution in [0.25, 0.3) is 0 Å². The fourth-order valence-electron chi connectivity index (χ4n) is 1.22. The molecule has 1 aromatic rings. The number of anilines is 1. The van der Waals surface area contributed by atoms with E-state index in [1.54, 1.807) is 11.8 Å². The summed E-state index contributed by atoms with van der Waals surface area (Å²) >= 11 is 1.76. The molecule has 0 saturated carbocycles. The monoisotopic (exact) mass is 226 g/mol. The Morgan fingerprint density at radius 1 is 1.40 bits per heavy atom. The minimum atomic E-state index is 0.681. The molecule has 0 bridgehead atoms. The van der Waals surface area contributed by atoms with E-state index >= 15 is 0 Å². The van der Waals surface area contributed by atoms with Crippen molar-refractivity contribution in [2.75, 3.05) is 11.2 Å². The maximum atomic E-state index is 5.31. The van der Waals surface area contributed by atoms with E-state index in [0.29, 0.717) is 5.82 Å². The molecule has 0 aromatic carbocycles. The molecule has 4 nitrogen and oxygen atoms in total. The molecule has 0 atom stereocenters. The summed E-state index contributed by atoms with van der Waals surface area (Å²) < 4.78 is 0. The molecule has 1 aromatic heterocycles. The Hall–Kier alpha value is -0.810. The molecule has 0 aliphatic heterocycles. The van der Waals surface area contributed by atoms with Gasteiger partial charge in [-0.05, 0) is 19.1 Å². The second-order valence-corrected chi connectivity index (χ2v) is 4.45. The number of unbranched alkanes of at least 4 members (excludes halogenated alkanes) is 2. The number of nitrogens with one attached hydrogen (secondary N) is 1. The summed E-state index contributed by atoms with van der Waals surface area (Å²) in [6.07, 6.45) is 3.76. The molecular weight excluding hydrogens is 208 g/mol. The molecule has 5 heteroatoms. The van der Waals surface area contributed by atoms with Crippen LogP contribution in [0.5, 0.6) is 0 Å². The summed E-state index contributed by atoms with van der Waals surface area (Å²) in [4.78, 5) is 8.47. The van der Waals surface area contributed by atoms with Crippen LogP contribution in [0, 0.1) is 6.92 Å². The molecule has 3 N–H and O–H groups in total. The van der Waals surface area contributed by atoms with Gasteiger partial charge in [-0.15, -0.1) is 11.8 Å². The normalized spacial score (nSPS) is 10.3. The summed E-state index contributed by atoms with van der Waals surface area (Å²) in [6, 6.07) is 1.88. The molecule has 1 rings (SSSR count). The van der Waals surface area contributed by atoms with Crippen LogP contribution in [0.15, 0.2) is 11.1 Å². The molecule has 0 unspecified atom stereocenters. The highest BCUT2D eigenvalue weighted by atomic mass is 32.2. The number of nitrogens with two attached hydrogens (primary N) is 1. The molecule has 0 aliphatic carbocycles. The third-order valence-corrected chi connectivity index (χ3v) is 2.96. The summed E-state index contributed by atoms with van der Waals surface area (Å²) in [6.45, 7) is 4.08. The molecule has 0 radical (unpaired) electrons. The zero-order valence-corrected chi connectivity index (χ0v) is 10.1. The van der Waals surface area contributed by atoms with E-state index in [1.165, 1.54) is 19.3 Å². The van der Waals surface area contributed by atoms with Crippen molar-refractivity contribution in [3.05, 3.63) is 11.9 Å². The van der Waals surface area contributed by atoms with Crippen LogP contribution in [0.2, 0.25) is 0 Å². The predicted molar refractivity (Wildman–Crippen MR) is 64.8 cm³/mol. The number of nitrogen functional groups attached to an aromatic ring is 1. The maximum Gasteiger partial charge on any atom is 0.144 e. The van der Waals surface area contributed by atoms with Crippen molar-refractivity contribution in [2.45, 2.75) is 38.1 Å². The summed E-state index contributed by atoms with van der Waals surface area (Å²) in [5.41, 5.74) is 2.55. The van der Waals surface area contributed by atoms with Gasteiger partial charge in [0.05, 0.1) is 0 Å². The number of hydrazine groups is 1. The summed E-state index contributed by atoms with van der Waals surface area (Å²) in [7, 11) is 0. The van der Waals surface area contributed by atoms with Crippen LogP contribution in [0.1, 0.15) is 32.0 Å². The predicted octanol–water partition coefficient (Wildman–Crippen LogP) is 2.35. The van der Waals surface area contributed by atoms with Crippen molar-refractivity contribution in [3.8, 4) is 0 Å². The van der Waals surface area contributed by atoms with Crippen LogP contribution < -0.4 is 11.3 Å². The van der Waals surface area contributed by atoms with Gasteiger partial charge in [-0.25, -0.2) is 15.8 Å². The van der Waals surface area contributed by atoms with Crippen molar-refractivity contribution in [1.29, 1.82) is 0 Å². The molecule has 84 valence electrons. The van der Waals surface area contributed by atoms with E-state index in [0.717, 1.165) is 16.6 Å². The molecule has 0 aliphatic rings. The molecular formula is C10H18N4S. The molecule has 0 amide bonds. The van der Waals surface area contributed by atoms with Gasteiger partial charge in [0, 0.05) is 6.07 Å². The van der Waals surface area contributed by atoms with Gasteiger partial charge in [0.1, 0.15) is 16.7 Å². The second-order valence-electron chi connectivity index (χ2n) is 3.34. The van der Waals surface area contributed by atoms with Crippen molar-refractivity contribution >= 4 is 17.6 Å². The van der Waals surface area contributed by atoms with Crippen molar-refractivity contribution in [2.24, 2.45) is 5.84 Å². The van der Waals surface area contributed by atoms with Crippen LogP contribution in [0.3, 0.4) is 0 Å². The number of thioether (sulfide) groups is 1. The number of aryl methyl sites for hydroxylation is 1. The average molecular weight is 226 g/mol. The van der Waals surface area contributed by atoms with Gasteiger partial charge in [-0.1, -0.05) is 19.8 Å². The van der Waals surface area contributed by atoms with Gasteiger partial charge < -0.3 is 5.43 Å². The molecule has 15 heavy (non-hydrogen) atoms. The smallest absolute Gasteiger partial charge is 0.144 e. The minimum absolute atomic E-state index is 0.681. The van der Waals surface area contributed by atoms with Gasteiger partial charge in [-0.3, -0.25) is 0 Å². The Kier molecular flexibility index (Phi) is 5.42. The van der Waals surface area contributed by atoms with Crippen molar-refractivity contribution < 1.29 is 0 Å². The largest absolute Gasteiger partial charge is 0.308 e. The molecule has 0 spiro atoms. The standard InChI is InChI=1S/C10H18N4S/c1-3-4-5-6-15-10-7-9(14-11)12-8(2)13-10/h7H,3-6,11H2,1-2H3,(H,12,13,14). The van der Waals surface area contributed by atoms with E-state index in [2.05, 4.69) is 22.3 Å². The van der Waals surface area contributed by atoms with Gasteiger partial charge in [0.2, 0.25) is 0 Å². The first-order valence-electron chi connectivity index (χ1n) is 5.21. The first-order chi connectivity index (χ1) is 7.26.